The molecule has 0 spiro atoms. The van der Waals surface area contributed by atoms with Gasteiger partial charge in [0.2, 0.25) is 11.9 Å². The summed E-state index contributed by atoms with van der Waals surface area (Å²) in [5.74, 6) is 0.0528. The zero-order valence-corrected chi connectivity index (χ0v) is 21.6. The molecule has 3 aromatic rings. The number of carbonyl (C=O) groups excluding carboxylic acids is 3. The maximum Gasteiger partial charge on any atom is 0.325 e. The number of anilines is 2. The average molecular weight is 518 g/mol. The second-order valence-corrected chi connectivity index (χ2v) is 10.8. The van der Waals surface area contributed by atoms with E-state index in [2.05, 4.69) is 30.9 Å². The Labute approximate surface area is 217 Å². The second kappa shape index (κ2) is 9.40. The Morgan fingerprint density at radius 3 is 2.76 bits per heavy atom. The molecule has 1 aromatic carbocycles. The standard InChI is InChI=1S/C26H27N7O3S/c1-25(2)21(34)32-24(36)33(25)13-12-29-23-28-9-6-18(31-23)20-15-16-14-17(4-5-19(16)37-20)30-22(35)26(3)7-10-27-11-8-26/h4-7,9-11,14-15H,8,12-13H2,1-3H3,(H,30,35)(H,28,29,31)(H,32,34,36). The van der Waals surface area contributed by atoms with Gasteiger partial charge in [0.05, 0.1) is 16.0 Å². The van der Waals surface area contributed by atoms with Crippen LogP contribution in [-0.4, -0.2) is 57.6 Å². The Balaban J connectivity index is 1.27. The highest BCUT2D eigenvalue weighted by Gasteiger charge is 2.45. The van der Waals surface area contributed by atoms with Crippen LogP contribution in [0.2, 0.25) is 0 Å². The minimum Gasteiger partial charge on any atom is -0.352 e. The van der Waals surface area contributed by atoms with E-state index in [1.165, 1.54) is 4.90 Å². The van der Waals surface area contributed by atoms with Gasteiger partial charge in [-0.2, -0.15) is 0 Å². The molecule has 1 atom stereocenters. The van der Waals surface area contributed by atoms with Crippen molar-refractivity contribution in [2.45, 2.75) is 32.7 Å². The Bertz CT molecular complexity index is 1460. The number of imide groups is 1. The summed E-state index contributed by atoms with van der Waals surface area (Å²) in [4.78, 5) is 52.3. The number of rotatable bonds is 7. The number of carbonyl (C=O) groups is 3. The number of fused-ring (bicyclic) bond motifs is 1. The molecule has 10 nitrogen and oxygen atoms in total. The quantitative estimate of drug-likeness (QED) is 0.406. The molecule has 2 aromatic heterocycles. The molecular weight excluding hydrogens is 490 g/mol. The number of aromatic nitrogens is 2. The third-order valence-electron chi connectivity index (χ3n) is 6.66. The van der Waals surface area contributed by atoms with Crippen molar-refractivity contribution in [2.24, 2.45) is 10.4 Å². The van der Waals surface area contributed by atoms with E-state index in [-0.39, 0.29) is 11.8 Å². The number of amides is 4. The van der Waals surface area contributed by atoms with Gasteiger partial charge in [-0.3, -0.25) is 19.9 Å². The fourth-order valence-electron chi connectivity index (χ4n) is 4.20. The molecule has 2 aliphatic rings. The average Bonchev–Trinajstić information content (AvgIpc) is 3.38. The van der Waals surface area contributed by atoms with E-state index in [4.69, 9.17) is 0 Å². The van der Waals surface area contributed by atoms with Gasteiger partial charge in [0.25, 0.3) is 5.91 Å². The Morgan fingerprint density at radius 1 is 1.19 bits per heavy atom. The van der Waals surface area contributed by atoms with E-state index in [1.807, 2.05) is 43.3 Å². The van der Waals surface area contributed by atoms with E-state index in [1.54, 1.807) is 43.8 Å². The molecule has 2 aliphatic heterocycles. The molecule has 11 heteroatoms. The van der Waals surface area contributed by atoms with Crippen molar-refractivity contribution in [3.05, 3.63) is 48.8 Å². The van der Waals surface area contributed by atoms with Crippen LogP contribution < -0.4 is 16.0 Å². The van der Waals surface area contributed by atoms with Crippen LogP contribution in [0.3, 0.4) is 0 Å². The van der Waals surface area contributed by atoms with Crippen molar-refractivity contribution in [3.8, 4) is 10.6 Å². The first-order chi connectivity index (χ1) is 17.7. The van der Waals surface area contributed by atoms with Crippen molar-refractivity contribution < 1.29 is 14.4 Å². The first-order valence-corrected chi connectivity index (χ1v) is 12.7. The molecule has 0 radical (unpaired) electrons. The third-order valence-corrected chi connectivity index (χ3v) is 7.80. The fraction of sp³-hybridized carbons (Fsp3) is 0.308. The molecule has 1 fully saturated rings. The molecule has 190 valence electrons. The molecule has 4 heterocycles. The van der Waals surface area contributed by atoms with Crippen molar-refractivity contribution in [2.75, 3.05) is 23.7 Å². The smallest absolute Gasteiger partial charge is 0.325 e. The van der Waals surface area contributed by atoms with E-state index in [9.17, 15) is 14.4 Å². The summed E-state index contributed by atoms with van der Waals surface area (Å²) in [6.45, 7) is 6.04. The SMILES string of the molecule is CC1(C(=O)Nc2ccc3sc(-c4ccnc(NCCN5C(=O)NC(=O)C5(C)C)n4)cc3c2)C=CN=CC1. The highest BCUT2D eigenvalue weighted by molar-refractivity contribution is 7.22. The monoisotopic (exact) mass is 517 g/mol. The first-order valence-electron chi connectivity index (χ1n) is 11.9. The van der Waals surface area contributed by atoms with Crippen LogP contribution in [0.5, 0.6) is 0 Å². The van der Waals surface area contributed by atoms with Gasteiger partial charge in [0.1, 0.15) is 5.54 Å². The number of aliphatic imine (C=N–C) groups is 1. The lowest BCUT2D eigenvalue weighted by molar-refractivity contribution is -0.125. The predicted octanol–water partition coefficient (Wildman–Crippen LogP) is 4.03. The third kappa shape index (κ3) is 4.82. The minimum absolute atomic E-state index is 0.0737. The maximum absolute atomic E-state index is 12.8. The van der Waals surface area contributed by atoms with E-state index >= 15 is 0 Å². The lowest BCUT2D eigenvalue weighted by atomic mass is 9.85. The zero-order chi connectivity index (χ0) is 26.2. The summed E-state index contributed by atoms with van der Waals surface area (Å²) in [5, 5.41) is 9.51. The predicted molar refractivity (Wildman–Crippen MR) is 145 cm³/mol. The molecule has 5 rings (SSSR count). The molecule has 1 saturated heterocycles. The fourth-order valence-corrected chi connectivity index (χ4v) is 5.22. The van der Waals surface area contributed by atoms with Gasteiger partial charge < -0.3 is 15.5 Å². The van der Waals surface area contributed by atoms with E-state index in [0.29, 0.717) is 25.5 Å². The lowest BCUT2D eigenvalue weighted by Gasteiger charge is -2.27. The van der Waals surface area contributed by atoms with Gasteiger partial charge in [-0.15, -0.1) is 11.3 Å². The van der Waals surface area contributed by atoms with Crippen molar-refractivity contribution in [3.63, 3.8) is 0 Å². The second-order valence-electron chi connectivity index (χ2n) is 9.75. The van der Waals surface area contributed by atoms with Crippen LogP contribution in [0.1, 0.15) is 27.2 Å². The van der Waals surface area contributed by atoms with Crippen molar-refractivity contribution >= 4 is 57.1 Å². The zero-order valence-electron chi connectivity index (χ0n) is 20.7. The Hall–Kier alpha value is -4.12. The van der Waals surface area contributed by atoms with Crippen LogP contribution in [0, 0.1) is 5.41 Å². The topological polar surface area (TPSA) is 129 Å². The maximum atomic E-state index is 12.8. The van der Waals surface area contributed by atoms with Crippen molar-refractivity contribution in [1.82, 2.24) is 20.2 Å². The first kappa shape index (κ1) is 24.6. The van der Waals surface area contributed by atoms with Crippen molar-refractivity contribution in [1.29, 1.82) is 0 Å². The van der Waals surface area contributed by atoms with Gasteiger partial charge in [-0.1, -0.05) is 6.08 Å². The number of thiophene rings is 1. The van der Waals surface area contributed by atoms with Crippen LogP contribution in [0.25, 0.3) is 20.7 Å². The Kier molecular flexibility index (Phi) is 6.24. The summed E-state index contributed by atoms with van der Waals surface area (Å²) in [5.41, 5.74) is -0.0186. The Morgan fingerprint density at radius 2 is 2.03 bits per heavy atom. The van der Waals surface area contributed by atoms with Crippen LogP contribution in [-0.2, 0) is 9.59 Å². The number of nitrogens with one attached hydrogen (secondary N) is 3. The normalized spacial score (nSPS) is 20.4. The minimum atomic E-state index is -0.893. The highest BCUT2D eigenvalue weighted by atomic mass is 32.1. The van der Waals surface area contributed by atoms with Crippen LogP contribution in [0.4, 0.5) is 16.4 Å². The van der Waals surface area contributed by atoms with Gasteiger partial charge in [0.15, 0.2) is 0 Å². The molecule has 3 N–H and O–H groups in total. The molecule has 0 bridgehead atoms. The lowest BCUT2D eigenvalue weighted by Crippen LogP contribution is -2.46. The molecule has 37 heavy (non-hydrogen) atoms. The van der Waals surface area contributed by atoms with E-state index in [0.717, 1.165) is 26.3 Å². The van der Waals surface area contributed by atoms with Gasteiger partial charge in [-0.25, -0.2) is 14.8 Å². The molecule has 0 aliphatic carbocycles. The van der Waals surface area contributed by atoms with Crippen LogP contribution in [0.15, 0.2) is 53.8 Å². The van der Waals surface area contributed by atoms with Crippen LogP contribution >= 0.6 is 11.3 Å². The molecule has 1 unspecified atom stereocenters. The summed E-state index contributed by atoms with van der Waals surface area (Å²) in [6.07, 6.45) is 7.48. The number of hydrogen-bond acceptors (Lipinski definition) is 8. The summed E-state index contributed by atoms with van der Waals surface area (Å²) < 4.78 is 1.07. The van der Waals surface area contributed by atoms with Gasteiger partial charge in [-0.05, 0) is 56.5 Å². The number of hydrogen-bond donors (Lipinski definition) is 3. The molecule has 0 saturated carbocycles. The van der Waals surface area contributed by atoms with Gasteiger partial charge >= 0.3 is 6.03 Å². The summed E-state index contributed by atoms with van der Waals surface area (Å²) in [7, 11) is 0. The summed E-state index contributed by atoms with van der Waals surface area (Å²) in [6, 6.07) is 9.33. The molecule has 4 amide bonds. The highest BCUT2D eigenvalue weighted by Crippen LogP contribution is 2.35. The number of benzene rings is 1. The number of nitrogens with zero attached hydrogens (tertiary/aromatic N) is 4. The van der Waals surface area contributed by atoms with E-state index < -0.39 is 17.0 Å². The summed E-state index contributed by atoms with van der Waals surface area (Å²) >= 11 is 1.60. The van der Waals surface area contributed by atoms with Gasteiger partial charge in [0, 0.05) is 48.5 Å². The number of urea groups is 1. The molecular formula is C26H27N7O3S. The largest absolute Gasteiger partial charge is 0.352 e.